The number of hydrogen-bond acceptors (Lipinski definition) is 4. The Labute approximate surface area is 98.6 Å². The molecule has 0 spiro atoms. The predicted molar refractivity (Wildman–Crippen MR) is 49.1 cm³/mol. The summed E-state index contributed by atoms with van der Waals surface area (Å²) in [5.41, 5.74) is -1.17. The van der Waals surface area contributed by atoms with Crippen molar-refractivity contribution in [2.75, 3.05) is 0 Å². The van der Waals surface area contributed by atoms with Gasteiger partial charge in [0.05, 0.1) is 0 Å². The van der Waals surface area contributed by atoms with Crippen molar-refractivity contribution in [1.82, 2.24) is 0 Å². The Balaban J connectivity index is 3.29. The van der Waals surface area contributed by atoms with E-state index in [1.807, 2.05) is 0 Å². The van der Waals surface area contributed by atoms with Gasteiger partial charge in [-0.1, -0.05) is 0 Å². The summed E-state index contributed by atoms with van der Waals surface area (Å²) in [6.45, 7) is -6.41. The molecule has 18 heavy (non-hydrogen) atoms. The lowest BCUT2D eigenvalue weighted by Crippen LogP contribution is -2.07. The zero-order chi connectivity index (χ0) is 13.7. The molecule has 1 rings (SSSR count). The van der Waals surface area contributed by atoms with Crippen LogP contribution in [0.25, 0.3) is 0 Å². The van der Waals surface area contributed by atoms with Crippen molar-refractivity contribution in [2.45, 2.75) is 13.2 Å². The molecule has 0 bridgehead atoms. The van der Waals surface area contributed by atoms with Crippen LogP contribution >= 0.6 is 0 Å². The number of benzene rings is 1. The van der Waals surface area contributed by atoms with E-state index in [0.717, 1.165) is 12.1 Å². The van der Waals surface area contributed by atoms with Crippen molar-refractivity contribution in [2.24, 2.45) is 0 Å². The number of hydrogen-bond donors (Lipinski definition) is 0. The van der Waals surface area contributed by atoms with Crippen LogP contribution in [0.2, 0.25) is 0 Å². The standard InChI is InChI=1S/C10H4F4N2O2/c11-9(12)17-7-1-2-8(18-10(13)14)6(4-16)5(7)3-15/h1-2,9-10H. The first-order chi connectivity index (χ1) is 8.49. The molecular weight excluding hydrogens is 256 g/mol. The van der Waals surface area contributed by atoms with E-state index in [-0.39, 0.29) is 0 Å². The first-order valence-electron chi connectivity index (χ1n) is 4.36. The Hall–Kier alpha value is -2.48. The molecule has 0 fully saturated rings. The Bertz CT molecular complexity index is 473. The van der Waals surface area contributed by atoms with Crippen LogP contribution in [0.15, 0.2) is 12.1 Å². The van der Waals surface area contributed by atoms with E-state index in [2.05, 4.69) is 9.47 Å². The summed E-state index contributed by atoms with van der Waals surface area (Å²) in [4.78, 5) is 0. The topological polar surface area (TPSA) is 66.0 Å². The average molecular weight is 260 g/mol. The zero-order valence-electron chi connectivity index (χ0n) is 8.53. The molecule has 0 amide bonds. The minimum absolute atomic E-state index is 0.578. The van der Waals surface area contributed by atoms with Gasteiger partial charge in [-0.2, -0.15) is 28.1 Å². The molecule has 1 aromatic carbocycles. The highest BCUT2D eigenvalue weighted by atomic mass is 19.3. The van der Waals surface area contributed by atoms with E-state index in [4.69, 9.17) is 10.5 Å². The lowest BCUT2D eigenvalue weighted by Gasteiger charge is -2.11. The lowest BCUT2D eigenvalue weighted by atomic mass is 10.1. The number of nitrogens with zero attached hydrogens (tertiary/aromatic N) is 2. The van der Waals surface area contributed by atoms with Crippen LogP contribution in [-0.2, 0) is 0 Å². The summed E-state index contributed by atoms with van der Waals surface area (Å²) in [7, 11) is 0. The average Bonchev–Trinajstić information content (AvgIpc) is 2.29. The minimum atomic E-state index is -3.20. The van der Waals surface area contributed by atoms with Crippen LogP contribution in [-0.4, -0.2) is 13.2 Å². The Morgan fingerprint density at radius 3 is 1.39 bits per heavy atom. The molecule has 0 radical (unpaired) electrons. The quantitative estimate of drug-likeness (QED) is 0.780. The molecule has 0 saturated heterocycles. The molecule has 0 aliphatic carbocycles. The molecule has 0 unspecified atom stereocenters. The van der Waals surface area contributed by atoms with Crippen molar-refractivity contribution in [3.8, 4) is 23.6 Å². The highest BCUT2D eigenvalue weighted by Gasteiger charge is 2.19. The number of alkyl halides is 4. The van der Waals surface area contributed by atoms with Crippen molar-refractivity contribution < 1.29 is 27.0 Å². The van der Waals surface area contributed by atoms with Crippen LogP contribution in [0, 0.1) is 22.7 Å². The van der Waals surface area contributed by atoms with E-state index in [1.54, 1.807) is 0 Å². The largest absolute Gasteiger partial charge is 0.433 e. The molecular formula is C10H4F4N2O2. The Morgan fingerprint density at radius 2 is 1.17 bits per heavy atom. The van der Waals surface area contributed by atoms with E-state index < -0.39 is 35.8 Å². The van der Waals surface area contributed by atoms with Gasteiger partial charge in [0.25, 0.3) is 0 Å². The molecule has 0 aliphatic heterocycles. The van der Waals surface area contributed by atoms with Gasteiger partial charge in [-0.3, -0.25) is 0 Å². The maximum absolute atomic E-state index is 12.0. The number of ether oxygens (including phenoxy) is 2. The third-order valence-corrected chi connectivity index (χ3v) is 1.78. The molecule has 0 aromatic heterocycles. The first-order valence-corrected chi connectivity index (χ1v) is 4.36. The minimum Gasteiger partial charge on any atom is -0.433 e. The molecule has 0 heterocycles. The third kappa shape index (κ3) is 3.01. The summed E-state index contributed by atoms with van der Waals surface area (Å²) in [6, 6.07) is 4.56. The van der Waals surface area contributed by atoms with Crippen molar-refractivity contribution in [1.29, 1.82) is 10.5 Å². The predicted octanol–water partition coefficient (Wildman–Crippen LogP) is 2.63. The van der Waals surface area contributed by atoms with Crippen LogP contribution in [0.4, 0.5) is 17.6 Å². The van der Waals surface area contributed by atoms with Gasteiger partial charge in [0.2, 0.25) is 0 Å². The van der Waals surface area contributed by atoms with E-state index in [0.29, 0.717) is 0 Å². The van der Waals surface area contributed by atoms with Gasteiger partial charge in [0.1, 0.15) is 34.8 Å². The SMILES string of the molecule is N#Cc1c(OC(F)F)ccc(OC(F)F)c1C#N. The summed E-state index contributed by atoms with van der Waals surface area (Å²) in [5.74, 6) is -1.16. The number of nitriles is 2. The summed E-state index contributed by atoms with van der Waals surface area (Å²) < 4.78 is 56.0. The van der Waals surface area contributed by atoms with Gasteiger partial charge in [0.15, 0.2) is 0 Å². The van der Waals surface area contributed by atoms with Crippen LogP contribution in [0.1, 0.15) is 11.1 Å². The molecule has 4 nitrogen and oxygen atoms in total. The van der Waals surface area contributed by atoms with Crippen LogP contribution in [0.5, 0.6) is 11.5 Å². The fourth-order valence-corrected chi connectivity index (χ4v) is 1.17. The van der Waals surface area contributed by atoms with Crippen LogP contribution in [0.3, 0.4) is 0 Å². The van der Waals surface area contributed by atoms with Gasteiger partial charge >= 0.3 is 13.2 Å². The Kier molecular flexibility index (Phi) is 4.33. The monoisotopic (exact) mass is 260 g/mol. The van der Waals surface area contributed by atoms with E-state index in [9.17, 15) is 17.6 Å². The lowest BCUT2D eigenvalue weighted by molar-refractivity contribution is -0.0532. The summed E-state index contributed by atoms with van der Waals surface area (Å²) in [5, 5.41) is 17.5. The van der Waals surface area contributed by atoms with Gasteiger partial charge in [-0.05, 0) is 12.1 Å². The maximum atomic E-state index is 12.0. The highest BCUT2D eigenvalue weighted by molar-refractivity contribution is 5.60. The molecule has 0 atom stereocenters. The fraction of sp³-hybridized carbons (Fsp3) is 0.200. The van der Waals surface area contributed by atoms with E-state index >= 15 is 0 Å². The van der Waals surface area contributed by atoms with Gasteiger partial charge in [-0.15, -0.1) is 0 Å². The Morgan fingerprint density at radius 1 is 0.833 bits per heavy atom. The number of rotatable bonds is 4. The normalized spacial score (nSPS) is 10.0. The molecule has 0 N–H and O–H groups in total. The maximum Gasteiger partial charge on any atom is 0.387 e. The smallest absolute Gasteiger partial charge is 0.387 e. The molecule has 94 valence electrons. The molecule has 0 aliphatic rings. The van der Waals surface area contributed by atoms with Crippen LogP contribution < -0.4 is 9.47 Å². The van der Waals surface area contributed by atoms with Crippen molar-refractivity contribution in [3.63, 3.8) is 0 Å². The summed E-state index contributed by atoms with van der Waals surface area (Å²) in [6.07, 6.45) is 0. The molecule has 1 aromatic rings. The number of halogens is 4. The summed E-state index contributed by atoms with van der Waals surface area (Å²) >= 11 is 0. The van der Waals surface area contributed by atoms with E-state index in [1.165, 1.54) is 12.1 Å². The molecule has 8 heteroatoms. The second kappa shape index (κ2) is 5.73. The second-order valence-corrected chi connectivity index (χ2v) is 2.79. The zero-order valence-corrected chi connectivity index (χ0v) is 8.53. The van der Waals surface area contributed by atoms with Gasteiger partial charge in [0, 0.05) is 0 Å². The third-order valence-electron chi connectivity index (χ3n) is 1.78. The van der Waals surface area contributed by atoms with Crippen molar-refractivity contribution in [3.05, 3.63) is 23.3 Å². The molecule has 0 saturated carbocycles. The van der Waals surface area contributed by atoms with Crippen molar-refractivity contribution >= 4 is 0 Å². The van der Waals surface area contributed by atoms with Gasteiger partial charge < -0.3 is 9.47 Å². The van der Waals surface area contributed by atoms with Gasteiger partial charge in [-0.25, -0.2) is 0 Å². The second-order valence-electron chi connectivity index (χ2n) is 2.79. The first kappa shape index (κ1) is 13.6. The fourth-order valence-electron chi connectivity index (χ4n) is 1.17. The highest BCUT2D eigenvalue weighted by Crippen LogP contribution is 2.31.